The van der Waals surface area contributed by atoms with Crippen molar-refractivity contribution in [1.29, 1.82) is 0 Å². The molecule has 104 valence electrons. The molecule has 2 aromatic carbocycles. The average Bonchev–Trinajstić information content (AvgIpc) is 2.53. The SMILES string of the molecule is CC/C(=N\OCc1ccccc1)c1ccc(CN)cc1. The van der Waals surface area contributed by atoms with Crippen LogP contribution < -0.4 is 5.73 Å². The predicted molar refractivity (Wildman–Crippen MR) is 82.4 cm³/mol. The van der Waals surface area contributed by atoms with Gasteiger partial charge in [0.25, 0.3) is 0 Å². The Morgan fingerprint density at radius 2 is 1.70 bits per heavy atom. The quantitative estimate of drug-likeness (QED) is 0.644. The van der Waals surface area contributed by atoms with Crippen molar-refractivity contribution >= 4 is 5.71 Å². The molecule has 2 N–H and O–H groups in total. The topological polar surface area (TPSA) is 47.6 Å². The van der Waals surface area contributed by atoms with Crippen molar-refractivity contribution in [2.24, 2.45) is 10.9 Å². The first kappa shape index (κ1) is 14.3. The van der Waals surface area contributed by atoms with Gasteiger partial charge in [0, 0.05) is 6.54 Å². The van der Waals surface area contributed by atoms with E-state index in [4.69, 9.17) is 10.6 Å². The van der Waals surface area contributed by atoms with Crippen LogP contribution in [0.4, 0.5) is 0 Å². The summed E-state index contributed by atoms with van der Waals surface area (Å²) in [6, 6.07) is 18.2. The normalized spacial score (nSPS) is 11.4. The van der Waals surface area contributed by atoms with Crippen LogP contribution in [-0.2, 0) is 18.0 Å². The minimum Gasteiger partial charge on any atom is -0.391 e. The molecular weight excluding hydrogens is 248 g/mol. The molecule has 2 aromatic rings. The Kier molecular flexibility index (Phi) is 5.33. The van der Waals surface area contributed by atoms with Gasteiger partial charge in [-0.05, 0) is 23.1 Å². The number of nitrogens with zero attached hydrogens (tertiary/aromatic N) is 1. The molecule has 0 aliphatic rings. The summed E-state index contributed by atoms with van der Waals surface area (Å²) in [5.41, 5.74) is 9.86. The summed E-state index contributed by atoms with van der Waals surface area (Å²) >= 11 is 0. The smallest absolute Gasteiger partial charge is 0.142 e. The first-order valence-electron chi connectivity index (χ1n) is 6.85. The van der Waals surface area contributed by atoms with Gasteiger partial charge in [-0.1, -0.05) is 66.7 Å². The lowest BCUT2D eigenvalue weighted by molar-refractivity contribution is 0.130. The van der Waals surface area contributed by atoms with Gasteiger partial charge in [0.15, 0.2) is 0 Å². The number of nitrogens with two attached hydrogens (primary N) is 1. The Labute approximate surface area is 120 Å². The molecule has 0 saturated carbocycles. The lowest BCUT2D eigenvalue weighted by Gasteiger charge is -2.06. The lowest BCUT2D eigenvalue weighted by atomic mass is 10.1. The van der Waals surface area contributed by atoms with E-state index in [1.807, 2.05) is 54.6 Å². The molecule has 0 fully saturated rings. The maximum atomic E-state index is 5.60. The Bertz CT molecular complexity index is 547. The Morgan fingerprint density at radius 3 is 2.30 bits per heavy atom. The highest BCUT2D eigenvalue weighted by Crippen LogP contribution is 2.09. The third-order valence-electron chi connectivity index (χ3n) is 3.11. The third kappa shape index (κ3) is 3.93. The van der Waals surface area contributed by atoms with Crippen LogP contribution in [0.5, 0.6) is 0 Å². The maximum absolute atomic E-state index is 5.60. The first-order chi connectivity index (χ1) is 9.83. The first-order valence-corrected chi connectivity index (χ1v) is 6.85. The second-order valence-corrected chi connectivity index (χ2v) is 4.55. The molecule has 0 heterocycles. The van der Waals surface area contributed by atoms with Crippen LogP contribution >= 0.6 is 0 Å². The van der Waals surface area contributed by atoms with E-state index in [9.17, 15) is 0 Å². The van der Waals surface area contributed by atoms with E-state index in [1.54, 1.807) is 0 Å². The van der Waals surface area contributed by atoms with Gasteiger partial charge in [0.05, 0.1) is 5.71 Å². The van der Waals surface area contributed by atoms with Gasteiger partial charge in [0.2, 0.25) is 0 Å². The number of hydrogen-bond donors (Lipinski definition) is 1. The van der Waals surface area contributed by atoms with E-state index in [0.29, 0.717) is 13.2 Å². The molecule has 0 bridgehead atoms. The Balaban J connectivity index is 2.01. The Morgan fingerprint density at radius 1 is 1.00 bits per heavy atom. The fourth-order valence-electron chi connectivity index (χ4n) is 1.91. The van der Waals surface area contributed by atoms with Crippen LogP contribution in [0.1, 0.15) is 30.0 Å². The molecule has 0 aliphatic heterocycles. The third-order valence-corrected chi connectivity index (χ3v) is 3.11. The highest BCUT2D eigenvalue weighted by atomic mass is 16.6. The van der Waals surface area contributed by atoms with Gasteiger partial charge >= 0.3 is 0 Å². The second-order valence-electron chi connectivity index (χ2n) is 4.55. The number of benzene rings is 2. The van der Waals surface area contributed by atoms with Gasteiger partial charge in [-0.3, -0.25) is 0 Å². The summed E-state index contributed by atoms with van der Waals surface area (Å²) in [7, 11) is 0. The molecule has 0 saturated heterocycles. The Hall–Kier alpha value is -2.13. The summed E-state index contributed by atoms with van der Waals surface area (Å²) in [4.78, 5) is 5.45. The maximum Gasteiger partial charge on any atom is 0.142 e. The predicted octanol–water partition coefficient (Wildman–Crippen LogP) is 3.48. The zero-order valence-corrected chi connectivity index (χ0v) is 11.8. The molecule has 0 unspecified atom stereocenters. The summed E-state index contributed by atoms with van der Waals surface area (Å²) in [6.45, 7) is 3.12. The second kappa shape index (κ2) is 7.46. The standard InChI is InChI=1S/C17H20N2O/c1-2-17(16-10-8-14(12-18)9-11-16)19-20-13-15-6-4-3-5-7-15/h3-11H,2,12-13,18H2,1H3/b19-17+. The van der Waals surface area contributed by atoms with Crippen LogP contribution in [0.2, 0.25) is 0 Å². The van der Waals surface area contributed by atoms with Gasteiger partial charge in [-0.15, -0.1) is 0 Å². The van der Waals surface area contributed by atoms with Gasteiger partial charge < -0.3 is 10.6 Å². The zero-order valence-electron chi connectivity index (χ0n) is 11.8. The van der Waals surface area contributed by atoms with Crippen molar-refractivity contribution < 1.29 is 4.84 Å². The van der Waals surface area contributed by atoms with Crippen molar-refractivity contribution in [1.82, 2.24) is 0 Å². The van der Waals surface area contributed by atoms with Gasteiger partial charge in [-0.25, -0.2) is 0 Å². The largest absolute Gasteiger partial charge is 0.391 e. The molecule has 2 rings (SSSR count). The van der Waals surface area contributed by atoms with Crippen LogP contribution in [0.3, 0.4) is 0 Å². The minimum atomic E-state index is 0.491. The monoisotopic (exact) mass is 268 g/mol. The molecule has 0 radical (unpaired) electrons. The van der Waals surface area contributed by atoms with Crippen LogP contribution in [0, 0.1) is 0 Å². The van der Waals surface area contributed by atoms with E-state index >= 15 is 0 Å². The van der Waals surface area contributed by atoms with E-state index in [2.05, 4.69) is 12.1 Å². The molecule has 0 aliphatic carbocycles. The van der Waals surface area contributed by atoms with Crippen LogP contribution in [0.25, 0.3) is 0 Å². The fraction of sp³-hybridized carbons (Fsp3) is 0.235. The molecule has 0 aromatic heterocycles. The van der Waals surface area contributed by atoms with Gasteiger partial charge in [-0.2, -0.15) is 0 Å². The molecule has 20 heavy (non-hydrogen) atoms. The number of oxime groups is 1. The molecule has 0 amide bonds. The summed E-state index contributed by atoms with van der Waals surface area (Å²) in [6.07, 6.45) is 0.830. The van der Waals surface area contributed by atoms with Gasteiger partial charge in [0.1, 0.15) is 6.61 Å². The van der Waals surface area contributed by atoms with Crippen molar-refractivity contribution in [3.63, 3.8) is 0 Å². The van der Waals surface area contributed by atoms with Crippen molar-refractivity contribution in [2.75, 3.05) is 0 Å². The van der Waals surface area contributed by atoms with Crippen molar-refractivity contribution in [2.45, 2.75) is 26.5 Å². The number of hydrogen-bond acceptors (Lipinski definition) is 3. The van der Waals surface area contributed by atoms with E-state index in [1.165, 1.54) is 0 Å². The van der Waals surface area contributed by atoms with Crippen molar-refractivity contribution in [3.05, 3.63) is 71.3 Å². The highest BCUT2D eigenvalue weighted by Gasteiger charge is 2.02. The summed E-state index contributed by atoms with van der Waals surface area (Å²) in [5, 5.41) is 4.25. The van der Waals surface area contributed by atoms with E-state index < -0.39 is 0 Å². The number of rotatable bonds is 6. The molecule has 0 spiro atoms. The lowest BCUT2D eigenvalue weighted by Crippen LogP contribution is -2.02. The highest BCUT2D eigenvalue weighted by molar-refractivity contribution is 6.00. The van der Waals surface area contributed by atoms with E-state index in [0.717, 1.165) is 28.8 Å². The fourth-order valence-corrected chi connectivity index (χ4v) is 1.91. The minimum absolute atomic E-state index is 0.491. The summed E-state index contributed by atoms with van der Waals surface area (Å²) < 4.78 is 0. The molecule has 0 atom stereocenters. The molecule has 3 heteroatoms. The summed E-state index contributed by atoms with van der Waals surface area (Å²) in [5.74, 6) is 0. The zero-order chi connectivity index (χ0) is 14.2. The van der Waals surface area contributed by atoms with Crippen LogP contribution in [0.15, 0.2) is 59.8 Å². The average molecular weight is 268 g/mol. The van der Waals surface area contributed by atoms with Crippen LogP contribution in [-0.4, -0.2) is 5.71 Å². The van der Waals surface area contributed by atoms with Crippen molar-refractivity contribution in [3.8, 4) is 0 Å². The van der Waals surface area contributed by atoms with E-state index in [-0.39, 0.29) is 0 Å². The molecule has 3 nitrogen and oxygen atoms in total. The molecular formula is C17H20N2O.